The summed E-state index contributed by atoms with van der Waals surface area (Å²) in [5, 5.41) is 0. The fourth-order valence-corrected chi connectivity index (χ4v) is 3.50. The summed E-state index contributed by atoms with van der Waals surface area (Å²) in [6, 6.07) is 9.54. The van der Waals surface area contributed by atoms with Gasteiger partial charge in [0.1, 0.15) is 5.82 Å². The molecule has 2 aromatic rings. The van der Waals surface area contributed by atoms with Crippen LogP contribution in [0.4, 0.5) is 5.82 Å². The first-order valence-electron chi connectivity index (χ1n) is 9.14. The Kier molecular flexibility index (Phi) is 4.65. The number of ether oxygens (including phenoxy) is 2. The van der Waals surface area contributed by atoms with Gasteiger partial charge >= 0.3 is 0 Å². The Morgan fingerprint density at radius 3 is 2.81 bits per heavy atom. The van der Waals surface area contributed by atoms with E-state index in [1.807, 2.05) is 42.2 Å². The fourth-order valence-electron chi connectivity index (χ4n) is 3.50. The average molecular weight is 353 g/mol. The van der Waals surface area contributed by atoms with E-state index in [2.05, 4.69) is 9.88 Å². The lowest BCUT2D eigenvalue weighted by molar-refractivity contribution is 0.0752. The monoisotopic (exact) mass is 353 g/mol. The normalized spacial score (nSPS) is 15.3. The van der Waals surface area contributed by atoms with Crippen LogP contribution in [0.3, 0.4) is 0 Å². The van der Waals surface area contributed by atoms with Crippen LogP contribution in [0, 0.1) is 0 Å². The number of amides is 1. The van der Waals surface area contributed by atoms with Crippen molar-refractivity contribution in [3.8, 4) is 11.5 Å². The van der Waals surface area contributed by atoms with Crippen LogP contribution in [0.2, 0.25) is 0 Å². The van der Waals surface area contributed by atoms with Crippen molar-refractivity contribution in [1.82, 2.24) is 9.88 Å². The summed E-state index contributed by atoms with van der Waals surface area (Å²) in [5.74, 6) is 2.32. The molecule has 0 saturated carbocycles. The predicted octanol–water partition coefficient (Wildman–Crippen LogP) is 3.07. The molecular formula is C20H23N3O3. The first kappa shape index (κ1) is 16.7. The SMILES string of the molecule is CCN(Cc1ccc2c(c1)OCO2)C(=O)c1cccnc1N1CCCC1. The molecule has 0 spiro atoms. The van der Waals surface area contributed by atoms with Gasteiger partial charge < -0.3 is 19.3 Å². The van der Waals surface area contributed by atoms with Crippen LogP contribution in [-0.2, 0) is 6.54 Å². The number of carbonyl (C=O) groups is 1. The second-order valence-electron chi connectivity index (χ2n) is 6.58. The third-order valence-electron chi connectivity index (χ3n) is 4.90. The van der Waals surface area contributed by atoms with Crippen LogP contribution in [0.25, 0.3) is 0 Å². The highest BCUT2D eigenvalue weighted by Gasteiger charge is 2.24. The molecule has 1 saturated heterocycles. The van der Waals surface area contributed by atoms with Gasteiger partial charge in [0.05, 0.1) is 5.56 Å². The number of carbonyl (C=O) groups excluding carboxylic acids is 1. The summed E-state index contributed by atoms with van der Waals surface area (Å²) in [5.41, 5.74) is 1.70. The van der Waals surface area contributed by atoms with Crippen LogP contribution in [0.5, 0.6) is 11.5 Å². The maximum Gasteiger partial charge on any atom is 0.257 e. The van der Waals surface area contributed by atoms with Gasteiger partial charge in [-0.05, 0) is 49.6 Å². The molecule has 1 amide bonds. The summed E-state index contributed by atoms with van der Waals surface area (Å²) in [6.45, 7) is 5.33. The van der Waals surface area contributed by atoms with Crippen LogP contribution in [0.15, 0.2) is 36.5 Å². The Morgan fingerprint density at radius 1 is 1.19 bits per heavy atom. The fraction of sp³-hybridized carbons (Fsp3) is 0.400. The Labute approximate surface area is 153 Å². The highest BCUT2D eigenvalue weighted by atomic mass is 16.7. The minimum absolute atomic E-state index is 0.0140. The van der Waals surface area contributed by atoms with Gasteiger partial charge in [-0.1, -0.05) is 6.07 Å². The van der Waals surface area contributed by atoms with Gasteiger partial charge in [0, 0.05) is 32.4 Å². The first-order chi connectivity index (χ1) is 12.8. The van der Waals surface area contributed by atoms with E-state index in [0.29, 0.717) is 18.7 Å². The maximum atomic E-state index is 13.2. The zero-order chi connectivity index (χ0) is 17.9. The van der Waals surface area contributed by atoms with Crippen LogP contribution >= 0.6 is 0 Å². The summed E-state index contributed by atoms with van der Waals surface area (Å²) >= 11 is 0. The Balaban J connectivity index is 1.56. The van der Waals surface area contributed by atoms with Crippen LogP contribution < -0.4 is 14.4 Å². The van der Waals surface area contributed by atoms with Gasteiger partial charge in [-0.25, -0.2) is 4.98 Å². The van der Waals surface area contributed by atoms with E-state index in [0.717, 1.165) is 48.8 Å². The molecule has 6 nitrogen and oxygen atoms in total. The lowest BCUT2D eigenvalue weighted by Crippen LogP contribution is -2.32. The summed E-state index contributed by atoms with van der Waals surface area (Å²) in [7, 11) is 0. The number of anilines is 1. The smallest absolute Gasteiger partial charge is 0.257 e. The standard InChI is InChI=1S/C20H23N3O3/c1-2-22(13-15-7-8-17-18(12-15)26-14-25-17)20(24)16-6-5-9-21-19(16)23-10-3-4-11-23/h5-9,12H,2-4,10-11,13-14H2,1H3. The van der Waals surface area contributed by atoms with Crippen molar-refractivity contribution < 1.29 is 14.3 Å². The van der Waals surface area contributed by atoms with Crippen molar-refractivity contribution in [2.75, 3.05) is 31.3 Å². The lowest BCUT2D eigenvalue weighted by atomic mass is 10.1. The summed E-state index contributed by atoms with van der Waals surface area (Å²) in [4.78, 5) is 21.7. The molecule has 0 unspecified atom stereocenters. The number of rotatable bonds is 5. The van der Waals surface area contributed by atoms with Crippen molar-refractivity contribution in [3.63, 3.8) is 0 Å². The molecule has 2 aliphatic rings. The molecule has 0 bridgehead atoms. The molecule has 6 heteroatoms. The van der Waals surface area contributed by atoms with E-state index in [4.69, 9.17) is 9.47 Å². The molecule has 136 valence electrons. The molecule has 0 radical (unpaired) electrons. The molecule has 26 heavy (non-hydrogen) atoms. The Bertz CT molecular complexity index is 803. The quantitative estimate of drug-likeness (QED) is 0.827. The van der Waals surface area contributed by atoms with Gasteiger partial charge in [-0.2, -0.15) is 0 Å². The number of pyridine rings is 1. The molecule has 0 N–H and O–H groups in total. The second kappa shape index (κ2) is 7.23. The molecule has 0 aliphatic carbocycles. The van der Waals surface area contributed by atoms with Gasteiger partial charge in [-0.3, -0.25) is 4.79 Å². The predicted molar refractivity (Wildman–Crippen MR) is 98.7 cm³/mol. The number of nitrogens with zero attached hydrogens (tertiary/aromatic N) is 3. The number of benzene rings is 1. The third kappa shape index (κ3) is 3.19. The van der Waals surface area contributed by atoms with E-state index in [1.165, 1.54) is 0 Å². The molecule has 1 aromatic carbocycles. The molecule has 1 fully saturated rings. The number of aromatic nitrogens is 1. The zero-order valence-electron chi connectivity index (χ0n) is 15.0. The van der Waals surface area contributed by atoms with E-state index >= 15 is 0 Å². The average Bonchev–Trinajstić information content (AvgIpc) is 3.36. The first-order valence-corrected chi connectivity index (χ1v) is 9.14. The van der Waals surface area contributed by atoms with E-state index in [9.17, 15) is 4.79 Å². The summed E-state index contributed by atoms with van der Waals surface area (Å²) < 4.78 is 10.8. The van der Waals surface area contributed by atoms with Gasteiger partial charge in [-0.15, -0.1) is 0 Å². The van der Waals surface area contributed by atoms with E-state index in [1.54, 1.807) is 6.20 Å². The molecule has 4 rings (SSSR count). The van der Waals surface area contributed by atoms with Crippen molar-refractivity contribution in [3.05, 3.63) is 47.7 Å². The van der Waals surface area contributed by atoms with E-state index in [-0.39, 0.29) is 12.7 Å². The van der Waals surface area contributed by atoms with Crippen molar-refractivity contribution >= 4 is 11.7 Å². The van der Waals surface area contributed by atoms with Crippen molar-refractivity contribution in [2.45, 2.75) is 26.3 Å². The van der Waals surface area contributed by atoms with Crippen LogP contribution in [0.1, 0.15) is 35.7 Å². The third-order valence-corrected chi connectivity index (χ3v) is 4.90. The van der Waals surface area contributed by atoms with Gasteiger partial charge in [0.2, 0.25) is 6.79 Å². The largest absolute Gasteiger partial charge is 0.454 e. The highest BCUT2D eigenvalue weighted by molar-refractivity contribution is 5.99. The molecular weight excluding hydrogens is 330 g/mol. The van der Waals surface area contributed by atoms with Crippen LogP contribution in [-0.4, -0.2) is 42.2 Å². The minimum atomic E-state index is 0.0140. The highest BCUT2D eigenvalue weighted by Crippen LogP contribution is 2.33. The number of fused-ring (bicyclic) bond motifs is 1. The topological polar surface area (TPSA) is 54.9 Å². The molecule has 0 atom stereocenters. The minimum Gasteiger partial charge on any atom is -0.454 e. The summed E-state index contributed by atoms with van der Waals surface area (Å²) in [6.07, 6.45) is 4.07. The second-order valence-corrected chi connectivity index (χ2v) is 6.58. The molecule has 3 heterocycles. The van der Waals surface area contributed by atoms with Gasteiger partial charge in [0.25, 0.3) is 5.91 Å². The maximum absolute atomic E-state index is 13.2. The number of hydrogen-bond acceptors (Lipinski definition) is 5. The Morgan fingerprint density at radius 2 is 2.00 bits per heavy atom. The lowest BCUT2D eigenvalue weighted by Gasteiger charge is -2.25. The van der Waals surface area contributed by atoms with E-state index < -0.39 is 0 Å². The molecule has 2 aliphatic heterocycles. The van der Waals surface area contributed by atoms with Crippen molar-refractivity contribution in [1.29, 1.82) is 0 Å². The molecule has 1 aromatic heterocycles. The zero-order valence-corrected chi connectivity index (χ0v) is 15.0. The Hall–Kier alpha value is -2.76. The number of hydrogen-bond donors (Lipinski definition) is 0. The van der Waals surface area contributed by atoms with Gasteiger partial charge in [0.15, 0.2) is 11.5 Å². The van der Waals surface area contributed by atoms with Crippen molar-refractivity contribution in [2.24, 2.45) is 0 Å².